The van der Waals surface area contributed by atoms with Gasteiger partial charge in [0.25, 0.3) is 5.56 Å². The van der Waals surface area contributed by atoms with Gasteiger partial charge in [-0.2, -0.15) is 5.10 Å². The number of aromatic amines is 1. The van der Waals surface area contributed by atoms with Crippen molar-refractivity contribution in [2.24, 2.45) is 5.10 Å². The molecule has 9 heteroatoms. The highest BCUT2D eigenvalue weighted by Gasteiger charge is 2.35. The molecule has 4 aromatic carbocycles. The number of hydrazone groups is 1. The number of hydrogen-bond acceptors (Lipinski definition) is 4. The van der Waals surface area contributed by atoms with Gasteiger partial charge < -0.3 is 10.1 Å². The van der Waals surface area contributed by atoms with E-state index < -0.39 is 17.9 Å². The Bertz CT molecular complexity index is 1940. The molecule has 214 valence electrons. The number of aliphatic carboxylic acids is 1. The third kappa shape index (κ3) is 5.89. The lowest BCUT2D eigenvalue weighted by Crippen LogP contribution is -2.27. The van der Waals surface area contributed by atoms with Crippen LogP contribution in [0.15, 0.2) is 111 Å². The fourth-order valence-electron chi connectivity index (χ4n) is 5.46. The number of carboxylic acids is 1. The SMILES string of the molecule is O=C(O)CCC(=O)N1N=C(c2c(-c3ccccc3)c3cc(Cl)ccc3[nH]c2=O)CC1c1ccc(-c2ccc(Br)cc2)cc1. The first-order valence-electron chi connectivity index (χ1n) is 13.7. The molecule has 1 aliphatic heterocycles. The summed E-state index contributed by atoms with van der Waals surface area (Å²) in [6.07, 6.45) is -0.264. The van der Waals surface area contributed by atoms with Crippen molar-refractivity contribution >= 4 is 56.0 Å². The summed E-state index contributed by atoms with van der Waals surface area (Å²) in [4.78, 5) is 41.3. The van der Waals surface area contributed by atoms with Crippen molar-refractivity contribution in [3.8, 4) is 22.3 Å². The third-order valence-corrected chi connectivity index (χ3v) is 8.28. The van der Waals surface area contributed by atoms with Crippen LogP contribution in [0.4, 0.5) is 0 Å². The van der Waals surface area contributed by atoms with E-state index in [1.54, 1.807) is 12.1 Å². The average molecular weight is 655 g/mol. The van der Waals surface area contributed by atoms with Crippen LogP contribution in [0.1, 0.15) is 36.4 Å². The topological polar surface area (TPSA) is 103 Å². The average Bonchev–Trinajstić information content (AvgIpc) is 3.45. The molecule has 1 unspecified atom stereocenters. The standard InChI is InChI=1S/C34H25BrClN3O4/c35-24-12-10-21(11-13-24)20-6-8-22(9-7-20)29-19-28(38-39(29)30(40)16-17-31(41)42)33-32(23-4-2-1-3-5-23)26-18-25(36)14-15-27(26)37-34(33)43/h1-15,18,29H,16-17,19H2,(H,37,43)(H,41,42). The Kier molecular flexibility index (Phi) is 7.97. The smallest absolute Gasteiger partial charge is 0.303 e. The molecule has 0 radical (unpaired) electrons. The maximum Gasteiger partial charge on any atom is 0.303 e. The Hall–Kier alpha value is -4.53. The number of nitrogens with zero attached hydrogens (tertiary/aromatic N) is 2. The maximum absolute atomic E-state index is 13.7. The highest BCUT2D eigenvalue weighted by molar-refractivity contribution is 9.10. The van der Waals surface area contributed by atoms with E-state index in [-0.39, 0.29) is 24.8 Å². The Morgan fingerprint density at radius 3 is 2.23 bits per heavy atom. The van der Waals surface area contributed by atoms with Crippen LogP contribution in [0.3, 0.4) is 0 Å². The van der Waals surface area contributed by atoms with Gasteiger partial charge >= 0.3 is 5.97 Å². The van der Waals surface area contributed by atoms with Crippen LogP contribution in [-0.4, -0.2) is 32.7 Å². The summed E-state index contributed by atoms with van der Waals surface area (Å²) in [5.41, 5.74) is 5.44. The van der Waals surface area contributed by atoms with Crippen molar-refractivity contribution in [2.45, 2.75) is 25.3 Å². The van der Waals surface area contributed by atoms with Crippen molar-refractivity contribution in [1.29, 1.82) is 0 Å². The van der Waals surface area contributed by atoms with Crippen LogP contribution < -0.4 is 5.56 Å². The molecule has 2 heterocycles. The van der Waals surface area contributed by atoms with Crippen molar-refractivity contribution in [3.63, 3.8) is 0 Å². The number of carboxylic acid groups (broad SMARTS) is 1. The lowest BCUT2D eigenvalue weighted by molar-refractivity contribution is -0.141. The van der Waals surface area contributed by atoms with Gasteiger partial charge in [0.2, 0.25) is 5.91 Å². The predicted octanol–water partition coefficient (Wildman–Crippen LogP) is 7.82. The number of pyridine rings is 1. The number of halogens is 2. The number of carbonyl (C=O) groups excluding carboxylic acids is 1. The highest BCUT2D eigenvalue weighted by atomic mass is 79.9. The van der Waals surface area contributed by atoms with Gasteiger partial charge in [0, 0.05) is 38.8 Å². The van der Waals surface area contributed by atoms with E-state index in [9.17, 15) is 19.5 Å². The molecule has 1 atom stereocenters. The Morgan fingerprint density at radius 2 is 1.56 bits per heavy atom. The van der Waals surface area contributed by atoms with Crippen molar-refractivity contribution in [2.75, 3.05) is 0 Å². The lowest BCUT2D eigenvalue weighted by Gasteiger charge is -2.22. The Balaban J connectivity index is 1.46. The van der Waals surface area contributed by atoms with Gasteiger partial charge in [-0.1, -0.05) is 94.3 Å². The molecule has 5 aromatic rings. The van der Waals surface area contributed by atoms with Crippen LogP contribution in [0, 0.1) is 0 Å². The van der Waals surface area contributed by atoms with E-state index in [4.69, 9.17) is 16.7 Å². The Morgan fingerprint density at radius 1 is 0.884 bits per heavy atom. The van der Waals surface area contributed by atoms with Crippen LogP contribution >= 0.6 is 27.5 Å². The van der Waals surface area contributed by atoms with Gasteiger partial charge in [-0.25, -0.2) is 5.01 Å². The largest absolute Gasteiger partial charge is 0.481 e. The molecule has 1 aromatic heterocycles. The minimum atomic E-state index is -1.07. The number of fused-ring (bicyclic) bond motifs is 1. The Labute approximate surface area is 260 Å². The molecule has 0 saturated carbocycles. The quantitative estimate of drug-likeness (QED) is 0.187. The van der Waals surface area contributed by atoms with Crippen molar-refractivity contribution < 1.29 is 14.7 Å². The molecular formula is C34H25BrClN3O4. The van der Waals surface area contributed by atoms with Gasteiger partial charge in [0.1, 0.15) is 0 Å². The van der Waals surface area contributed by atoms with Gasteiger partial charge in [-0.3, -0.25) is 14.4 Å². The molecule has 6 rings (SSSR count). The highest BCUT2D eigenvalue weighted by Crippen LogP contribution is 2.38. The fourth-order valence-corrected chi connectivity index (χ4v) is 5.90. The summed E-state index contributed by atoms with van der Waals surface area (Å²) < 4.78 is 0.986. The summed E-state index contributed by atoms with van der Waals surface area (Å²) in [5.74, 6) is -1.50. The zero-order chi connectivity index (χ0) is 30.1. The van der Waals surface area contributed by atoms with E-state index in [0.717, 1.165) is 32.1 Å². The number of rotatable bonds is 7. The van der Waals surface area contributed by atoms with Crippen LogP contribution in [-0.2, 0) is 9.59 Å². The van der Waals surface area contributed by atoms with Crippen molar-refractivity contribution in [1.82, 2.24) is 9.99 Å². The molecule has 0 fully saturated rings. The molecule has 0 bridgehead atoms. The summed E-state index contributed by atoms with van der Waals surface area (Å²) >= 11 is 9.86. The van der Waals surface area contributed by atoms with E-state index in [2.05, 4.69) is 20.9 Å². The normalized spacial score (nSPS) is 14.6. The molecule has 0 saturated heterocycles. The number of aromatic nitrogens is 1. The van der Waals surface area contributed by atoms with Gasteiger partial charge in [-0.05, 0) is 52.6 Å². The number of benzene rings is 4. The van der Waals surface area contributed by atoms with Crippen molar-refractivity contribution in [3.05, 3.63) is 128 Å². The number of carbonyl (C=O) groups is 2. The van der Waals surface area contributed by atoms with Gasteiger partial charge in [0.05, 0.1) is 23.7 Å². The molecule has 2 N–H and O–H groups in total. The molecule has 1 amide bonds. The van der Waals surface area contributed by atoms with Crippen LogP contribution in [0.25, 0.3) is 33.2 Å². The monoisotopic (exact) mass is 653 g/mol. The number of H-pyrrole nitrogens is 1. The summed E-state index contributed by atoms with van der Waals surface area (Å²) in [6.45, 7) is 0. The first kappa shape index (κ1) is 28.6. The lowest BCUT2D eigenvalue weighted by atomic mass is 9.90. The first-order chi connectivity index (χ1) is 20.8. The predicted molar refractivity (Wildman–Crippen MR) is 172 cm³/mol. The van der Waals surface area contributed by atoms with Crippen LogP contribution in [0.2, 0.25) is 5.02 Å². The fraction of sp³-hybridized carbons (Fsp3) is 0.118. The van der Waals surface area contributed by atoms with E-state index in [0.29, 0.717) is 27.4 Å². The summed E-state index contributed by atoms with van der Waals surface area (Å²) in [5, 5.41) is 16.5. The second-order valence-corrected chi connectivity index (χ2v) is 11.6. The minimum Gasteiger partial charge on any atom is -0.481 e. The third-order valence-electron chi connectivity index (χ3n) is 7.52. The minimum absolute atomic E-state index is 0.213. The second kappa shape index (κ2) is 12.0. The van der Waals surface area contributed by atoms with E-state index >= 15 is 0 Å². The van der Waals surface area contributed by atoms with Gasteiger partial charge in [0.15, 0.2) is 0 Å². The van der Waals surface area contributed by atoms with Gasteiger partial charge in [-0.15, -0.1) is 0 Å². The number of nitrogens with one attached hydrogen (secondary N) is 1. The maximum atomic E-state index is 13.7. The molecule has 7 nitrogen and oxygen atoms in total. The molecule has 0 aliphatic carbocycles. The zero-order valence-electron chi connectivity index (χ0n) is 22.8. The number of amides is 1. The molecule has 43 heavy (non-hydrogen) atoms. The summed E-state index contributed by atoms with van der Waals surface area (Å²) in [6, 6.07) is 30.1. The van der Waals surface area contributed by atoms with E-state index in [1.165, 1.54) is 5.01 Å². The first-order valence-corrected chi connectivity index (χ1v) is 14.8. The second-order valence-electron chi connectivity index (χ2n) is 10.3. The van der Waals surface area contributed by atoms with Crippen LogP contribution in [0.5, 0.6) is 0 Å². The molecule has 1 aliphatic rings. The zero-order valence-corrected chi connectivity index (χ0v) is 25.1. The molecule has 0 spiro atoms. The molecular weight excluding hydrogens is 630 g/mol. The number of hydrogen-bond donors (Lipinski definition) is 2. The summed E-state index contributed by atoms with van der Waals surface area (Å²) in [7, 11) is 0. The van der Waals surface area contributed by atoms with E-state index in [1.807, 2.05) is 84.9 Å².